The highest BCUT2D eigenvalue weighted by atomic mass is 35.5. The smallest absolute Gasteiger partial charge is 0.264 e. The molecule has 5 heteroatoms. The molecule has 0 aliphatic carbocycles. The topological polar surface area (TPSA) is 41.5 Å². The van der Waals surface area contributed by atoms with Crippen LogP contribution in [0.1, 0.15) is 12.5 Å². The molecule has 1 heterocycles. The lowest BCUT2D eigenvalue weighted by molar-refractivity contribution is -0.115. The van der Waals surface area contributed by atoms with Crippen LogP contribution < -0.4 is 5.32 Å². The van der Waals surface area contributed by atoms with Gasteiger partial charge < -0.3 is 5.32 Å². The molecule has 0 atom stereocenters. The number of carbonyl (C=O) groups is 1. The van der Waals surface area contributed by atoms with Gasteiger partial charge in [0, 0.05) is 5.02 Å². The van der Waals surface area contributed by atoms with Gasteiger partial charge in [0.05, 0.1) is 10.6 Å². The molecule has 1 N–H and O–H groups in total. The maximum Gasteiger partial charge on any atom is 0.264 e. The fourth-order valence-electron chi connectivity index (χ4n) is 2.20. The third-order valence-corrected chi connectivity index (χ3v) is 4.39. The van der Waals surface area contributed by atoms with E-state index >= 15 is 0 Å². The molecule has 1 aliphatic heterocycles. The number of carbonyl (C=O) groups excluding carboxylic acids is 1. The van der Waals surface area contributed by atoms with Gasteiger partial charge in [-0.15, -0.1) is 0 Å². The second-order valence-corrected chi connectivity index (χ2v) is 6.73. The second kappa shape index (κ2) is 7.51. The van der Waals surface area contributed by atoms with Crippen molar-refractivity contribution in [3.05, 3.63) is 81.7 Å². The predicted molar refractivity (Wildman–Crippen MR) is 102 cm³/mol. The first kappa shape index (κ1) is 16.6. The zero-order chi connectivity index (χ0) is 16.9. The number of rotatable bonds is 3. The summed E-state index contributed by atoms with van der Waals surface area (Å²) < 4.78 is 0. The van der Waals surface area contributed by atoms with Gasteiger partial charge in [0.25, 0.3) is 5.91 Å². The van der Waals surface area contributed by atoms with E-state index in [4.69, 9.17) is 11.6 Å². The van der Waals surface area contributed by atoms with Crippen LogP contribution >= 0.6 is 23.4 Å². The Morgan fingerprint density at radius 1 is 1.17 bits per heavy atom. The summed E-state index contributed by atoms with van der Waals surface area (Å²) in [4.78, 5) is 17.1. The maximum absolute atomic E-state index is 12.1. The average molecular weight is 355 g/mol. The fourth-order valence-corrected chi connectivity index (χ4v) is 3.28. The lowest BCUT2D eigenvalue weighted by Crippen LogP contribution is -2.19. The molecule has 0 bridgehead atoms. The fraction of sp³-hybridized carbons (Fsp3) is 0.0526. The van der Waals surface area contributed by atoms with Gasteiger partial charge in [-0.25, -0.2) is 4.99 Å². The second-order valence-electron chi connectivity index (χ2n) is 5.26. The Bertz CT molecular complexity index is 857. The Hall–Kier alpha value is -2.30. The standard InChI is InChI=1S/C19H15ClN2OS/c1-13(10-14-6-3-2-4-7-14)11-17-18(23)22-19(24-17)21-16-9-5-8-15(20)12-16/h2-12H,1H3,(H,21,22,23)/b13-10-,17-11+. The van der Waals surface area contributed by atoms with Crippen molar-refractivity contribution in [2.75, 3.05) is 0 Å². The molecule has 2 aromatic rings. The zero-order valence-corrected chi connectivity index (χ0v) is 14.6. The molecule has 0 radical (unpaired) electrons. The molecule has 0 aromatic heterocycles. The molecule has 1 fully saturated rings. The van der Waals surface area contributed by atoms with Crippen LogP contribution in [-0.4, -0.2) is 11.1 Å². The SMILES string of the molecule is CC(=C/c1ccccc1)/C=C1/SC(=Nc2cccc(Cl)c2)NC1=O. The van der Waals surface area contributed by atoms with Crippen molar-refractivity contribution in [1.82, 2.24) is 5.32 Å². The lowest BCUT2D eigenvalue weighted by Gasteiger charge is -1.97. The zero-order valence-electron chi connectivity index (χ0n) is 13.0. The number of aliphatic imine (C=N–C) groups is 1. The van der Waals surface area contributed by atoms with Gasteiger partial charge in [-0.1, -0.05) is 54.1 Å². The Kier molecular flexibility index (Phi) is 5.18. The van der Waals surface area contributed by atoms with Gasteiger partial charge in [-0.2, -0.15) is 0 Å². The summed E-state index contributed by atoms with van der Waals surface area (Å²) in [6.45, 7) is 1.97. The van der Waals surface area contributed by atoms with Crippen LogP contribution in [0.4, 0.5) is 5.69 Å². The highest BCUT2D eigenvalue weighted by Gasteiger charge is 2.23. The van der Waals surface area contributed by atoms with E-state index in [0.29, 0.717) is 20.8 Å². The summed E-state index contributed by atoms with van der Waals surface area (Å²) in [5.74, 6) is -0.137. The van der Waals surface area contributed by atoms with Crippen LogP contribution in [0.5, 0.6) is 0 Å². The third-order valence-electron chi connectivity index (χ3n) is 3.24. The van der Waals surface area contributed by atoms with Gasteiger partial charge in [0.15, 0.2) is 5.17 Å². The quantitative estimate of drug-likeness (QED) is 0.772. The van der Waals surface area contributed by atoms with Gasteiger partial charge in [0.1, 0.15) is 0 Å². The summed E-state index contributed by atoms with van der Waals surface area (Å²) in [5.41, 5.74) is 2.81. The summed E-state index contributed by atoms with van der Waals surface area (Å²) in [6, 6.07) is 17.2. The van der Waals surface area contributed by atoms with Crippen LogP contribution in [0.15, 0.2) is 76.1 Å². The number of benzene rings is 2. The Morgan fingerprint density at radius 2 is 1.96 bits per heavy atom. The first-order valence-electron chi connectivity index (χ1n) is 7.39. The molecule has 3 nitrogen and oxygen atoms in total. The molecular formula is C19H15ClN2OS. The van der Waals surface area contributed by atoms with Gasteiger partial charge in [0.2, 0.25) is 0 Å². The van der Waals surface area contributed by atoms with Crippen LogP contribution in [0.2, 0.25) is 5.02 Å². The van der Waals surface area contributed by atoms with Crippen LogP contribution in [-0.2, 0) is 4.79 Å². The minimum Gasteiger partial charge on any atom is -0.300 e. The van der Waals surface area contributed by atoms with E-state index in [1.807, 2.05) is 61.5 Å². The molecule has 120 valence electrons. The molecule has 0 unspecified atom stereocenters. The summed E-state index contributed by atoms with van der Waals surface area (Å²) in [5, 5.41) is 3.95. The van der Waals surface area contributed by atoms with Crippen molar-refractivity contribution in [3.8, 4) is 0 Å². The number of nitrogens with one attached hydrogen (secondary N) is 1. The van der Waals surface area contributed by atoms with Crippen molar-refractivity contribution < 1.29 is 4.79 Å². The number of allylic oxidation sites excluding steroid dienone is 2. The van der Waals surface area contributed by atoms with Crippen LogP contribution in [0, 0.1) is 0 Å². The van der Waals surface area contributed by atoms with Gasteiger partial charge in [-0.3, -0.25) is 4.79 Å². The first-order valence-corrected chi connectivity index (χ1v) is 8.58. The number of hydrogen-bond acceptors (Lipinski definition) is 3. The lowest BCUT2D eigenvalue weighted by atomic mass is 10.1. The monoisotopic (exact) mass is 354 g/mol. The molecule has 0 saturated carbocycles. The largest absolute Gasteiger partial charge is 0.300 e. The van der Waals surface area contributed by atoms with Gasteiger partial charge >= 0.3 is 0 Å². The van der Waals surface area contributed by atoms with E-state index in [2.05, 4.69) is 10.3 Å². The van der Waals surface area contributed by atoms with Crippen molar-refractivity contribution in [1.29, 1.82) is 0 Å². The normalized spacial score (nSPS) is 18.2. The summed E-state index contributed by atoms with van der Waals surface area (Å²) >= 11 is 7.28. The predicted octanol–water partition coefficient (Wildman–Crippen LogP) is 5.18. The molecule has 3 rings (SSSR count). The van der Waals surface area contributed by atoms with Crippen LogP contribution in [0.3, 0.4) is 0 Å². The van der Waals surface area contributed by atoms with Crippen molar-refractivity contribution in [3.63, 3.8) is 0 Å². The van der Waals surface area contributed by atoms with Crippen molar-refractivity contribution in [2.45, 2.75) is 6.92 Å². The molecule has 1 aliphatic rings. The number of thioether (sulfide) groups is 1. The van der Waals surface area contributed by atoms with E-state index < -0.39 is 0 Å². The minimum absolute atomic E-state index is 0.137. The first-order chi connectivity index (χ1) is 11.6. The number of nitrogens with zero attached hydrogens (tertiary/aromatic N) is 1. The highest BCUT2D eigenvalue weighted by molar-refractivity contribution is 8.18. The number of halogens is 1. The van der Waals surface area contributed by atoms with Crippen molar-refractivity contribution >= 4 is 46.2 Å². The number of hydrogen-bond donors (Lipinski definition) is 1. The molecule has 2 aromatic carbocycles. The van der Waals surface area contributed by atoms with E-state index in [9.17, 15) is 4.79 Å². The average Bonchev–Trinajstić information content (AvgIpc) is 2.87. The Morgan fingerprint density at radius 3 is 2.71 bits per heavy atom. The summed E-state index contributed by atoms with van der Waals surface area (Å²) in [6.07, 6.45) is 3.90. The third kappa shape index (κ3) is 4.37. The van der Waals surface area contributed by atoms with Crippen LogP contribution in [0.25, 0.3) is 6.08 Å². The molecule has 24 heavy (non-hydrogen) atoms. The molecule has 1 amide bonds. The molecule has 0 spiro atoms. The summed E-state index contributed by atoms with van der Waals surface area (Å²) in [7, 11) is 0. The Labute approximate surface area is 150 Å². The van der Waals surface area contributed by atoms with E-state index in [1.165, 1.54) is 11.8 Å². The van der Waals surface area contributed by atoms with E-state index in [1.54, 1.807) is 12.1 Å². The van der Waals surface area contributed by atoms with E-state index in [-0.39, 0.29) is 5.91 Å². The minimum atomic E-state index is -0.137. The highest BCUT2D eigenvalue weighted by Crippen LogP contribution is 2.28. The number of amides is 1. The number of amidine groups is 1. The van der Waals surface area contributed by atoms with Crippen molar-refractivity contribution in [2.24, 2.45) is 4.99 Å². The van der Waals surface area contributed by atoms with Gasteiger partial charge in [-0.05, 0) is 54.1 Å². The molecular weight excluding hydrogens is 340 g/mol. The molecule has 1 saturated heterocycles. The maximum atomic E-state index is 12.1. The Balaban J connectivity index is 1.78. The van der Waals surface area contributed by atoms with E-state index in [0.717, 1.165) is 11.1 Å².